The van der Waals surface area contributed by atoms with Crippen LogP contribution in [0, 0.1) is 46.8 Å². The predicted octanol–water partition coefficient (Wildman–Crippen LogP) is 11.6. The van der Waals surface area contributed by atoms with Crippen molar-refractivity contribution < 1.29 is 18.9 Å². The molecule has 0 bridgehead atoms. The number of hydrogen-bond donors (Lipinski definition) is 0. The molecule has 0 amide bonds. The zero-order chi connectivity index (χ0) is 33.9. The lowest BCUT2D eigenvalue weighted by Crippen LogP contribution is -2.17. The van der Waals surface area contributed by atoms with Gasteiger partial charge in [0.15, 0.2) is 12.6 Å². The minimum atomic E-state index is 0.00406. The molecule has 0 N–H and O–H groups in total. The van der Waals surface area contributed by atoms with Crippen molar-refractivity contribution in [2.75, 3.05) is 26.4 Å². The normalized spacial score (nSPS) is 9.78. The number of rotatable bonds is 26. The van der Waals surface area contributed by atoms with Gasteiger partial charge in [0.05, 0.1) is 0 Å². The molecule has 0 aliphatic rings. The molecule has 0 fully saturated rings. The molecule has 0 atom stereocenters. The van der Waals surface area contributed by atoms with Crippen LogP contribution in [0.4, 0.5) is 0 Å². The number of unbranched alkanes of at least 4 members (excludes halogenated alkanes) is 14. The third kappa shape index (κ3) is 47.1. The van der Waals surface area contributed by atoms with Gasteiger partial charge in [-0.2, -0.15) is 0 Å². The average molecular weight is 694 g/mol. The van der Waals surface area contributed by atoms with E-state index >= 15 is 0 Å². The molecule has 0 aliphatic heterocycles. The van der Waals surface area contributed by atoms with E-state index in [1.165, 1.54) is 89.9 Å². The molecule has 0 aromatic heterocycles. The molecule has 260 valence electrons. The van der Waals surface area contributed by atoms with E-state index in [2.05, 4.69) is 56.3 Å². The molecule has 45 heavy (non-hydrogen) atoms. The highest BCUT2D eigenvalue weighted by Gasteiger charge is 2.07. The van der Waals surface area contributed by atoms with E-state index in [1.807, 2.05) is 41.5 Å². The lowest BCUT2D eigenvalue weighted by molar-refractivity contribution is -0.140. The number of halogens is 1. The topological polar surface area (TPSA) is 36.9 Å². The standard InChI is InChI=1S/C20H34O2.C16H30O2.C4H5Br/c1-4-7-8-9-10-11-12-13-14-15-16-17-18-19-20(21-5-2)22-6-3;1-4-7-8-9-10-11-12-13-14-15-16(17-5-2)18-6-3;1-2-3-4-5/h20H,4-6,11-19H2,1-3H3;1,16H,5-15H2,2-3H3;2H2,1H3. The number of hydrogen-bond acceptors (Lipinski definition) is 4. The number of terminal acetylenes is 1. The van der Waals surface area contributed by atoms with Crippen LogP contribution in [0.25, 0.3) is 0 Å². The molecule has 0 saturated carbocycles. The van der Waals surface area contributed by atoms with Crippen molar-refractivity contribution in [3.8, 4) is 46.8 Å². The summed E-state index contributed by atoms with van der Waals surface area (Å²) in [5, 5.41) is 0. The first-order valence-electron chi connectivity index (χ1n) is 18.0. The van der Waals surface area contributed by atoms with Crippen LogP contribution in [-0.4, -0.2) is 39.0 Å². The summed E-state index contributed by atoms with van der Waals surface area (Å²) in [6.07, 6.45) is 28.9. The van der Waals surface area contributed by atoms with Gasteiger partial charge in [-0.25, -0.2) is 0 Å². The van der Waals surface area contributed by atoms with Crippen molar-refractivity contribution in [1.82, 2.24) is 0 Å². The van der Waals surface area contributed by atoms with Crippen molar-refractivity contribution in [2.45, 2.75) is 183 Å². The Bertz CT molecular complexity index is 775. The second-order valence-electron chi connectivity index (χ2n) is 10.5. The van der Waals surface area contributed by atoms with E-state index in [4.69, 9.17) is 25.4 Å². The zero-order valence-electron chi connectivity index (χ0n) is 30.2. The molecule has 0 aromatic carbocycles. The summed E-state index contributed by atoms with van der Waals surface area (Å²) in [6.45, 7) is 15.1. The van der Waals surface area contributed by atoms with E-state index in [1.54, 1.807) is 0 Å². The Morgan fingerprint density at radius 2 is 0.822 bits per heavy atom. The quantitative estimate of drug-likeness (QED) is 0.0513. The second kappa shape index (κ2) is 47.0. The van der Waals surface area contributed by atoms with Crippen LogP contribution in [0.3, 0.4) is 0 Å². The SMILES string of the molecule is C#CCCCCCCCCCC(OCC)OCC.CCC#CBr.CCC#CC#CCCCCCCCCCC(OCC)OCC. The van der Waals surface area contributed by atoms with E-state index in [9.17, 15) is 0 Å². The number of ether oxygens (including phenoxy) is 4. The molecule has 4 nitrogen and oxygen atoms in total. The van der Waals surface area contributed by atoms with Crippen LogP contribution < -0.4 is 0 Å². The third-order valence-electron chi connectivity index (χ3n) is 6.57. The minimum absolute atomic E-state index is 0.00406. The third-order valence-corrected chi connectivity index (χ3v) is 6.85. The van der Waals surface area contributed by atoms with Gasteiger partial charge >= 0.3 is 0 Å². The summed E-state index contributed by atoms with van der Waals surface area (Å²) in [4.78, 5) is 2.58. The highest BCUT2D eigenvalue weighted by atomic mass is 79.9. The van der Waals surface area contributed by atoms with Gasteiger partial charge in [0.25, 0.3) is 0 Å². The lowest BCUT2D eigenvalue weighted by atomic mass is 10.1. The van der Waals surface area contributed by atoms with Crippen LogP contribution in [0.2, 0.25) is 0 Å². The summed E-state index contributed by atoms with van der Waals surface area (Å²) < 4.78 is 22.1. The molecule has 0 aromatic rings. The Morgan fingerprint density at radius 1 is 0.467 bits per heavy atom. The van der Waals surface area contributed by atoms with Gasteiger partial charge in [-0.1, -0.05) is 95.8 Å². The van der Waals surface area contributed by atoms with E-state index < -0.39 is 0 Å². The molecule has 0 radical (unpaired) electrons. The zero-order valence-corrected chi connectivity index (χ0v) is 31.8. The first-order valence-corrected chi connectivity index (χ1v) is 18.8. The molecule has 0 rings (SSSR count). The van der Waals surface area contributed by atoms with Gasteiger partial charge in [0.2, 0.25) is 0 Å². The molecular weight excluding hydrogens is 624 g/mol. The second-order valence-corrected chi connectivity index (χ2v) is 10.9. The molecule has 0 aliphatic carbocycles. The van der Waals surface area contributed by atoms with E-state index in [-0.39, 0.29) is 12.6 Å². The smallest absolute Gasteiger partial charge is 0.157 e. The Balaban J connectivity index is -0.000000690. The Kier molecular flexibility index (Phi) is 50.1. The van der Waals surface area contributed by atoms with Crippen LogP contribution in [0.15, 0.2) is 0 Å². The molecule has 5 heteroatoms. The monoisotopic (exact) mass is 692 g/mol. The maximum absolute atomic E-state index is 5.54. The van der Waals surface area contributed by atoms with Crippen LogP contribution in [0.5, 0.6) is 0 Å². The molecule has 0 spiro atoms. The molecule has 0 saturated heterocycles. The van der Waals surface area contributed by atoms with Crippen molar-refractivity contribution in [1.29, 1.82) is 0 Å². The largest absolute Gasteiger partial charge is 0.353 e. The van der Waals surface area contributed by atoms with Crippen molar-refractivity contribution in [3.63, 3.8) is 0 Å². The Labute approximate surface area is 289 Å². The van der Waals surface area contributed by atoms with Crippen molar-refractivity contribution >= 4 is 15.9 Å². The summed E-state index contributed by atoms with van der Waals surface area (Å²) in [5.74, 6) is 17.3. The maximum atomic E-state index is 5.54. The highest BCUT2D eigenvalue weighted by Crippen LogP contribution is 2.13. The molecule has 0 heterocycles. The highest BCUT2D eigenvalue weighted by molar-refractivity contribution is 9.12. The molecular formula is C40H69BrO4. The molecule has 0 unspecified atom stereocenters. The van der Waals surface area contributed by atoms with Crippen molar-refractivity contribution in [2.24, 2.45) is 0 Å². The fraction of sp³-hybridized carbons (Fsp3) is 0.800. The van der Waals surface area contributed by atoms with Gasteiger partial charge in [0.1, 0.15) is 0 Å². The van der Waals surface area contributed by atoms with Gasteiger partial charge in [-0.3, -0.25) is 0 Å². The van der Waals surface area contributed by atoms with Crippen LogP contribution in [0.1, 0.15) is 170 Å². The van der Waals surface area contributed by atoms with E-state index in [0.717, 1.165) is 65.0 Å². The maximum Gasteiger partial charge on any atom is 0.157 e. The summed E-state index contributed by atoms with van der Waals surface area (Å²) >= 11 is 2.95. The van der Waals surface area contributed by atoms with Gasteiger partial charge in [0, 0.05) is 68.0 Å². The summed E-state index contributed by atoms with van der Waals surface area (Å²) in [6, 6.07) is 0. The first-order chi connectivity index (χ1) is 22.1. The van der Waals surface area contributed by atoms with Crippen LogP contribution >= 0.6 is 15.9 Å². The average Bonchev–Trinajstić information content (AvgIpc) is 3.04. The Morgan fingerprint density at radius 3 is 1.16 bits per heavy atom. The summed E-state index contributed by atoms with van der Waals surface area (Å²) in [7, 11) is 0. The van der Waals surface area contributed by atoms with E-state index in [0.29, 0.717) is 0 Å². The minimum Gasteiger partial charge on any atom is -0.353 e. The fourth-order valence-corrected chi connectivity index (χ4v) is 4.59. The van der Waals surface area contributed by atoms with Crippen LogP contribution in [-0.2, 0) is 18.9 Å². The van der Waals surface area contributed by atoms with Gasteiger partial charge < -0.3 is 18.9 Å². The predicted molar refractivity (Wildman–Crippen MR) is 199 cm³/mol. The van der Waals surface area contributed by atoms with Gasteiger partial charge in [-0.15, -0.1) is 12.3 Å². The fourth-order valence-electron chi connectivity index (χ4n) is 4.31. The first kappa shape index (κ1) is 48.0. The van der Waals surface area contributed by atoms with Gasteiger partial charge in [-0.05, 0) is 82.9 Å². The Hall–Kier alpha value is -1.44. The lowest BCUT2D eigenvalue weighted by Gasteiger charge is -2.16. The summed E-state index contributed by atoms with van der Waals surface area (Å²) in [5.41, 5.74) is 0. The van der Waals surface area contributed by atoms with Crippen molar-refractivity contribution in [3.05, 3.63) is 0 Å².